The van der Waals surface area contributed by atoms with Gasteiger partial charge in [-0.3, -0.25) is 13.6 Å². The fourth-order valence-electron chi connectivity index (χ4n) is 2.84. The Labute approximate surface area is 228 Å². The van der Waals surface area contributed by atoms with Crippen LogP contribution in [0.3, 0.4) is 0 Å². The van der Waals surface area contributed by atoms with Crippen LogP contribution < -0.4 is 74.6 Å². The van der Waals surface area contributed by atoms with Crippen molar-refractivity contribution in [2.24, 2.45) is 0 Å². The van der Waals surface area contributed by atoms with Gasteiger partial charge in [-0.2, -0.15) is 0 Å². The second kappa shape index (κ2) is 11.8. The molecule has 0 unspecified atom stereocenters. The summed E-state index contributed by atoms with van der Waals surface area (Å²) in [6, 6.07) is 0. The fraction of sp³-hybridized carbons (Fsp3) is 0.500. The SMILES string of the molecule is Nc1ncnc2c1ncn2[C@@H]1O[C@H](COP(=O)(O)O)[C@@H](OP(=O)(O)O)[C@H]1OP(=O)([O-])[O-].[Na+].[Na+]. The molecule has 0 aromatic carbocycles. The first-order chi connectivity index (χ1) is 14.1. The summed E-state index contributed by atoms with van der Waals surface area (Å²) in [7, 11) is -16.2. The maximum absolute atomic E-state index is 11.4. The van der Waals surface area contributed by atoms with Crippen molar-refractivity contribution in [1.29, 1.82) is 0 Å². The molecule has 0 spiro atoms. The van der Waals surface area contributed by atoms with Crippen LogP contribution in [0, 0.1) is 0 Å². The van der Waals surface area contributed by atoms with Gasteiger partial charge in [0.05, 0.1) is 20.8 Å². The molecule has 1 aliphatic rings. The quantitative estimate of drug-likeness (QED) is 0.150. The topological polar surface area (TPSA) is 285 Å². The molecule has 33 heavy (non-hydrogen) atoms. The van der Waals surface area contributed by atoms with E-state index in [2.05, 4.69) is 28.5 Å². The van der Waals surface area contributed by atoms with E-state index in [1.54, 1.807) is 0 Å². The largest absolute Gasteiger partial charge is 1.00 e. The summed E-state index contributed by atoms with van der Waals surface area (Å²) in [5, 5.41) is 0. The van der Waals surface area contributed by atoms with Crippen molar-refractivity contribution in [3.8, 4) is 0 Å². The molecule has 1 saturated heterocycles. The zero-order valence-corrected chi connectivity index (χ0v) is 23.5. The van der Waals surface area contributed by atoms with Crippen molar-refractivity contribution in [3.63, 3.8) is 0 Å². The summed E-state index contributed by atoms with van der Waals surface area (Å²) < 4.78 is 53.3. The summed E-state index contributed by atoms with van der Waals surface area (Å²) >= 11 is 0. The van der Waals surface area contributed by atoms with Crippen LogP contribution in [0.15, 0.2) is 12.7 Å². The number of imidazole rings is 1. The van der Waals surface area contributed by atoms with Crippen LogP contribution in [0.1, 0.15) is 6.23 Å². The molecule has 174 valence electrons. The number of nitrogens with zero attached hydrogens (tertiary/aromatic N) is 4. The summed E-state index contributed by atoms with van der Waals surface area (Å²) in [6.07, 6.45) is -5.45. The van der Waals surface area contributed by atoms with Crippen LogP contribution in [0.4, 0.5) is 5.82 Å². The van der Waals surface area contributed by atoms with E-state index in [9.17, 15) is 23.5 Å². The minimum absolute atomic E-state index is 0. The number of aromatic nitrogens is 4. The first-order valence-electron chi connectivity index (χ1n) is 7.87. The maximum atomic E-state index is 11.4. The van der Waals surface area contributed by atoms with E-state index in [1.807, 2.05) is 0 Å². The van der Waals surface area contributed by atoms with Crippen molar-refractivity contribution in [1.82, 2.24) is 19.5 Å². The first-order valence-corrected chi connectivity index (χ1v) is 12.4. The van der Waals surface area contributed by atoms with Crippen LogP contribution in [-0.2, 0) is 32.0 Å². The van der Waals surface area contributed by atoms with Gasteiger partial charge < -0.3 is 48.9 Å². The Morgan fingerprint density at radius 1 is 1.03 bits per heavy atom. The summed E-state index contributed by atoms with van der Waals surface area (Å²) in [4.78, 5) is 70.1. The summed E-state index contributed by atoms with van der Waals surface area (Å²) in [6.45, 7) is -1.03. The van der Waals surface area contributed by atoms with Gasteiger partial charge in [0.25, 0.3) is 0 Å². The Balaban J connectivity index is 0.00000272. The standard InChI is InChI=1S/C10H16N5O13P3.2Na/c11-8-5-9(13-2-12-8)15(3-14-5)10-7(28-31(22,23)24)6(27-30(19,20)21)4(26-10)1-25-29(16,17)18;;/h2-4,6-7,10H,1H2,(H2,11,12,13)(H2,16,17,18)(H2,19,20,21)(H2,22,23,24);;/q;2*+1/p-2/t4-,6-,7-,10-;;/m1../s1. The number of phosphoric acid groups is 3. The van der Waals surface area contributed by atoms with Crippen LogP contribution in [0.2, 0.25) is 0 Å². The minimum Gasteiger partial charge on any atom is -0.790 e. The van der Waals surface area contributed by atoms with E-state index < -0.39 is 54.6 Å². The minimum atomic E-state index is -5.80. The number of rotatable bonds is 8. The molecule has 1 fully saturated rings. The normalized spacial score (nSPS) is 23.8. The molecule has 3 rings (SSSR count). The van der Waals surface area contributed by atoms with E-state index in [0.717, 1.165) is 17.2 Å². The van der Waals surface area contributed by atoms with Gasteiger partial charge in [-0.05, 0) is 0 Å². The molecule has 0 radical (unpaired) electrons. The molecule has 23 heteroatoms. The zero-order chi connectivity index (χ0) is 23.2. The second-order valence-corrected chi connectivity index (χ2v) is 9.55. The number of nitrogens with two attached hydrogens (primary N) is 1. The molecule has 2 aromatic rings. The van der Waals surface area contributed by atoms with Crippen LogP contribution in [-0.4, -0.2) is 64.0 Å². The third-order valence-electron chi connectivity index (χ3n) is 3.86. The molecule has 0 bridgehead atoms. The Hall–Kier alpha value is 0.640. The number of phosphoric ester groups is 3. The van der Waals surface area contributed by atoms with Gasteiger partial charge in [-0.1, -0.05) is 0 Å². The van der Waals surface area contributed by atoms with Crippen LogP contribution >= 0.6 is 23.5 Å². The molecule has 4 atom stereocenters. The van der Waals surface area contributed by atoms with E-state index in [-0.39, 0.29) is 76.1 Å². The van der Waals surface area contributed by atoms with Gasteiger partial charge in [0, 0.05) is 0 Å². The van der Waals surface area contributed by atoms with Gasteiger partial charge in [0.15, 0.2) is 17.7 Å². The third-order valence-corrected chi connectivity index (χ3v) is 5.37. The van der Waals surface area contributed by atoms with Gasteiger partial charge in [-0.15, -0.1) is 0 Å². The van der Waals surface area contributed by atoms with Crippen LogP contribution in [0.25, 0.3) is 11.2 Å². The predicted molar refractivity (Wildman–Crippen MR) is 91.0 cm³/mol. The van der Waals surface area contributed by atoms with E-state index in [4.69, 9.17) is 30.0 Å². The number of ether oxygens (including phenoxy) is 1. The van der Waals surface area contributed by atoms with Crippen molar-refractivity contribution in [3.05, 3.63) is 12.7 Å². The number of fused-ring (bicyclic) bond motifs is 1. The van der Waals surface area contributed by atoms with Crippen molar-refractivity contribution >= 4 is 40.4 Å². The zero-order valence-electron chi connectivity index (χ0n) is 16.8. The molecule has 0 amide bonds. The van der Waals surface area contributed by atoms with Crippen molar-refractivity contribution in [2.75, 3.05) is 12.3 Å². The summed E-state index contributed by atoms with van der Waals surface area (Å²) in [5.74, 6) is -0.0815. The maximum Gasteiger partial charge on any atom is 1.00 e. The molecule has 3 heterocycles. The average Bonchev–Trinajstić information content (AvgIpc) is 3.13. The van der Waals surface area contributed by atoms with E-state index in [0.29, 0.717) is 0 Å². The Bertz CT molecular complexity index is 1100. The number of anilines is 1. The van der Waals surface area contributed by atoms with Gasteiger partial charge in [-0.25, -0.2) is 24.1 Å². The number of hydrogen-bond donors (Lipinski definition) is 5. The monoisotopic (exact) mass is 551 g/mol. The predicted octanol–water partition coefficient (Wildman–Crippen LogP) is -8.89. The average molecular weight is 551 g/mol. The van der Waals surface area contributed by atoms with Gasteiger partial charge in [0.2, 0.25) is 0 Å². The Kier molecular flexibility index (Phi) is 11.3. The molecule has 18 nitrogen and oxygen atoms in total. The molecule has 2 aromatic heterocycles. The Morgan fingerprint density at radius 3 is 2.21 bits per heavy atom. The molecular formula is C10H14N5Na2O13P3. The molecule has 6 N–H and O–H groups in total. The Morgan fingerprint density at radius 2 is 1.67 bits per heavy atom. The van der Waals surface area contributed by atoms with Gasteiger partial charge >= 0.3 is 74.8 Å². The fourth-order valence-corrected chi connectivity index (χ4v) is 4.28. The number of nitrogen functional groups attached to an aromatic ring is 1. The molecular weight excluding hydrogens is 537 g/mol. The van der Waals surface area contributed by atoms with E-state index >= 15 is 0 Å². The van der Waals surface area contributed by atoms with Crippen LogP contribution in [0.5, 0.6) is 0 Å². The molecule has 1 aliphatic heterocycles. The number of hydrogen-bond acceptors (Lipinski definition) is 13. The smallest absolute Gasteiger partial charge is 0.790 e. The van der Waals surface area contributed by atoms with E-state index in [1.165, 1.54) is 0 Å². The third kappa shape index (κ3) is 8.61. The van der Waals surface area contributed by atoms with Crippen molar-refractivity contribution < 1.29 is 120 Å². The first kappa shape index (κ1) is 31.7. The molecule has 0 aliphatic carbocycles. The second-order valence-electron chi connectivity index (χ2n) is 6.01. The van der Waals surface area contributed by atoms with Crippen molar-refractivity contribution in [2.45, 2.75) is 24.5 Å². The molecule has 0 saturated carbocycles. The summed E-state index contributed by atoms with van der Waals surface area (Å²) in [5.41, 5.74) is 5.64. The van der Waals surface area contributed by atoms with Gasteiger partial charge in [0.1, 0.15) is 30.2 Å².